The van der Waals surface area contributed by atoms with Crippen molar-refractivity contribution < 1.29 is 33.3 Å². The third-order valence-electron chi connectivity index (χ3n) is 7.16. The molecule has 0 aromatic carbocycles. The fourth-order valence-corrected chi connectivity index (χ4v) is 7.05. The summed E-state index contributed by atoms with van der Waals surface area (Å²) in [6, 6.07) is 6.38. The number of thiazole rings is 1. The van der Waals surface area contributed by atoms with Crippen molar-refractivity contribution in [3.8, 4) is 0 Å². The number of amides is 2. The minimum atomic E-state index is -1.48. The molecule has 4 aromatic rings. The Morgan fingerprint density at radius 1 is 1.39 bits per heavy atom. The number of anilines is 1. The number of carboxylic acid groups (broad SMARTS) is 1. The number of pyridine rings is 1. The average Bonchev–Trinajstić information content (AvgIpc) is 3.75. The van der Waals surface area contributed by atoms with E-state index in [0.29, 0.717) is 23.4 Å². The summed E-state index contributed by atoms with van der Waals surface area (Å²) < 4.78 is 9.40. The van der Waals surface area contributed by atoms with Crippen LogP contribution in [0, 0.1) is 5.41 Å². The van der Waals surface area contributed by atoms with Crippen LogP contribution in [-0.2, 0) is 32.3 Å². The van der Waals surface area contributed by atoms with Gasteiger partial charge in [-0.3, -0.25) is 19.9 Å². The number of nitrogen functional groups attached to an aromatic ring is 2. The van der Waals surface area contributed by atoms with Gasteiger partial charge >= 0.3 is 0 Å². The van der Waals surface area contributed by atoms with Crippen molar-refractivity contribution in [1.82, 2.24) is 19.8 Å². The fourth-order valence-electron chi connectivity index (χ4n) is 5.16. The summed E-state index contributed by atoms with van der Waals surface area (Å²) in [4.78, 5) is 48.6. The number of amidine groups is 1. The summed E-state index contributed by atoms with van der Waals surface area (Å²) in [5.41, 5.74) is 13.7. The van der Waals surface area contributed by atoms with Gasteiger partial charge in [-0.05, 0) is 12.1 Å². The Labute approximate surface area is 257 Å². The Balaban J connectivity index is 1.22. The molecule has 4 aromatic heterocycles. The van der Waals surface area contributed by atoms with Crippen LogP contribution in [0.1, 0.15) is 17.0 Å². The molecule has 226 valence electrons. The largest absolute Gasteiger partial charge is 0.543 e. The maximum atomic E-state index is 13.2. The number of furan rings is 1. The molecular weight excluding hydrogens is 610 g/mol. The normalized spacial score (nSPS) is 18.2. The van der Waals surface area contributed by atoms with Gasteiger partial charge in [0.25, 0.3) is 11.8 Å². The highest BCUT2D eigenvalue weighted by molar-refractivity contribution is 8.00. The molecule has 0 saturated carbocycles. The van der Waals surface area contributed by atoms with Crippen LogP contribution in [0.25, 0.3) is 11.0 Å². The van der Waals surface area contributed by atoms with E-state index < -0.39 is 29.2 Å². The van der Waals surface area contributed by atoms with Crippen molar-refractivity contribution in [1.29, 1.82) is 5.41 Å². The highest BCUT2D eigenvalue weighted by Crippen LogP contribution is 2.40. The van der Waals surface area contributed by atoms with Gasteiger partial charge in [-0.25, -0.2) is 4.98 Å². The monoisotopic (exact) mass is 635 g/mol. The van der Waals surface area contributed by atoms with Gasteiger partial charge in [-0.1, -0.05) is 5.16 Å². The number of aliphatic carboxylic acids is 1. The molecule has 1 fully saturated rings. The van der Waals surface area contributed by atoms with Crippen LogP contribution in [0.3, 0.4) is 0 Å². The number of nitrogens with two attached hydrogens (primary N) is 2. The molecule has 15 nitrogen and oxygen atoms in total. The topological polar surface area (TPSA) is 222 Å². The number of fused-ring (bicyclic) bond motifs is 2. The van der Waals surface area contributed by atoms with Crippen molar-refractivity contribution in [2.24, 2.45) is 10.9 Å². The number of aromatic nitrogens is 3. The SMILES string of the molecule is CO/N=C(\C(=O)N[C@@H]1C(=O)N2C(C(=O)[O-])=C(C[n+]3cccc4c3ccn4Cc3cc(C(=N)N)co3)CS[C@H]12)c1csc(N)n1. The number of hydrogen-bond acceptors (Lipinski definition) is 12. The second kappa shape index (κ2) is 11.5. The summed E-state index contributed by atoms with van der Waals surface area (Å²) in [5.74, 6) is -1.95. The van der Waals surface area contributed by atoms with Gasteiger partial charge in [-0.2, -0.15) is 4.57 Å². The maximum absolute atomic E-state index is 13.2. The number of hydrogen-bond donors (Lipinski definition) is 4. The van der Waals surface area contributed by atoms with Crippen molar-refractivity contribution in [3.05, 3.63) is 76.6 Å². The zero-order valence-corrected chi connectivity index (χ0v) is 24.7. The van der Waals surface area contributed by atoms with Gasteiger partial charge in [0, 0.05) is 35.0 Å². The summed E-state index contributed by atoms with van der Waals surface area (Å²) >= 11 is 2.45. The molecule has 2 aliphatic heterocycles. The number of rotatable bonds is 10. The minimum Gasteiger partial charge on any atom is -0.543 e. The van der Waals surface area contributed by atoms with Gasteiger partial charge in [0.05, 0.1) is 23.8 Å². The predicted octanol–water partition coefficient (Wildman–Crippen LogP) is -0.653. The molecule has 0 radical (unpaired) electrons. The molecule has 0 bridgehead atoms. The standard InChI is InChI=1S/C27H25N9O6S2/c1-41-33-19(16-12-44-27(30)31-16)23(37)32-20-24(38)36-21(26(39)40)14(11-43-25(20)36)8-34-5-2-3-17-18(34)4-6-35(17)9-15-7-13(10-42-15)22(28)29/h2-7,10,12,20,25H,8-9,11H2,1H3,(H6-,28,29,30,31,32,37,39,40)/b33-19-/t20-,25-/m1/s1. The third-order valence-corrected chi connectivity index (χ3v) is 9.17. The molecule has 2 aliphatic rings. The minimum absolute atomic E-state index is 0.0832. The molecule has 1 saturated heterocycles. The average molecular weight is 636 g/mol. The second-order valence-corrected chi connectivity index (χ2v) is 11.9. The smallest absolute Gasteiger partial charge is 0.276 e. The Bertz CT molecular complexity index is 1890. The Morgan fingerprint density at radius 3 is 2.89 bits per heavy atom. The first-order valence-electron chi connectivity index (χ1n) is 13.1. The van der Waals surface area contributed by atoms with E-state index in [9.17, 15) is 19.5 Å². The van der Waals surface area contributed by atoms with Gasteiger partial charge in [0.1, 0.15) is 47.6 Å². The Kier molecular flexibility index (Phi) is 7.56. The van der Waals surface area contributed by atoms with Gasteiger partial charge in [0.15, 0.2) is 23.6 Å². The lowest BCUT2D eigenvalue weighted by Crippen LogP contribution is -2.71. The van der Waals surface area contributed by atoms with Gasteiger partial charge < -0.3 is 40.5 Å². The molecule has 0 spiro atoms. The number of carboxylic acids is 1. The van der Waals surface area contributed by atoms with E-state index in [2.05, 4.69) is 15.5 Å². The number of carbonyl (C=O) groups excluding carboxylic acids is 3. The summed E-state index contributed by atoms with van der Waals surface area (Å²) in [6.07, 6.45) is 5.14. The number of thioether (sulfide) groups is 1. The van der Waals surface area contributed by atoms with E-state index in [0.717, 1.165) is 27.3 Å². The van der Waals surface area contributed by atoms with Crippen LogP contribution in [0.5, 0.6) is 0 Å². The molecule has 2 amide bonds. The van der Waals surface area contributed by atoms with E-state index in [4.69, 9.17) is 26.1 Å². The molecule has 17 heteroatoms. The fraction of sp³-hybridized carbons (Fsp3) is 0.222. The summed E-state index contributed by atoms with van der Waals surface area (Å²) in [7, 11) is 1.27. The summed E-state index contributed by atoms with van der Waals surface area (Å²) in [5, 5.41) is 27.4. The highest BCUT2D eigenvalue weighted by Gasteiger charge is 2.53. The van der Waals surface area contributed by atoms with Gasteiger partial charge in [0.2, 0.25) is 5.52 Å². The van der Waals surface area contributed by atoms with Crippen molar-refractivity contribution in [3.63, 3.8) is 0 Å². The van der Waals surface area contributed by atoms with E-state index in [1.165, 1.54) is 30.5 Å². The van der Waals surface area contributed by atoms with Crippen LogP contribution in [0.15, 0.2) is 69.1 Å². The molecular formula is C27H25N9O6S2. The Hall–Kier alpha value is -5.16. The summed E-state index contributed by atoms with van der Waals surface area (Å²) in [6.45, 7) is 0.587. The van der Waals surface area contributed by atoms with Gasteiger partial charge in [-0.15, -0.1) is 23.1 Å². The van der Waals surface area contributed by atoms with Crippen molar-refractivity contribution in [2.45, 2.75) is 24.5 Å². The van der Waals surface area contributed by atoms with Crippen LogP contribution < -0.4 is 26.5 Å². The van der Waals surface area contributed by atoms with E-state index >= 15 is 0 Å². The van der Waals surface area contributed by atoms with E-state index in [1.807, 2.05) is 39.7 Å². The van der Waals surface area contributed by atoms with Crippen LogP contribution in [0.2, 0.25) is 0 Å². The lowest BCUT2D eigenvalue weighted by Gasteiger charge is -2.50. The number of β-lactam (4-membered cyclic amide) rings is 1. The third kappa shape index (κ3) is 5.15. The lowest BCUT2D eigenvalue weighted by molar-refractivity contribution is -0.663. The zero-order chi connectivity index (χ0) is 31.1. The van der Waals surface area contributed by atoms with Crippen LogP contribution in [0.4, 0.5) is 5.13 Å². The number of oxime groups is 1. The van der Waals surface area contributed by atoms with Crippen LogP contribution in [-0.4, -0.2) is 68.1 Å². The first kappa shape index (κ1) is 28.9. The molecule has 6 N–H and O–H groups in total. The van der Waals surface area contributed by atoms with E-state index in [-0.39, 0.29) is 40.4 Å². The second-order valence-electron chi connectivity index (χ2n) is 9.86. The molecule has 0 unspecified atom stereocenters. The first-order valence-corrected chi connectivity index (χ1v) is 15.0. The molecule has 6 rings (SSSR count). The highest BCUT2D eigenvalue weighted by atomic mass is 32.2. The molecule has 2 atom stereocenters. The maximum Gasteiger partial charge on any atom is 0.276 e. The number of nitrogens with zero attached hydrogens (tertiary/aromatic N) is 5. The zero-order valence-electron chi connectivity index (χ0n) is 23.1. The molecule has 44 heavy (non-hydrogen) atoms. The predicted molar refractivity (Wildman–Crippen MR) is 158 cm³/mol. The number of carbonyl (C=O) groups is 3. The first-order chi connectivity index (χ1) is 21.2. The van der Waals surface area contributed by atoms with Crippen LogP contribution >= 0.6 is 23.1 Å². The molecule has 0 aliphatic carbocycles. The Morgan fingerprint density at radius 2 is 2.20 bits per heavy atom. The quantitative estimate of drug-likeness (QED) is 0.0567. The van der Waals surface area contributed by atoms with E-state index in [1.54, 1.807) is 6.07 Å². The van der Waals surface area contributed by atoms with Crippen molar-refractivity contribution >= 4 is 68.6 Å². The lowest BCUT2D eigenvalue weighted by atomic mass is 10.0. The van der Waals surface area contributed by atoms with Crippen molar-refractivity contribution in [2.75, 3.05) is 18.6 Å². The number of nitrogens with one attached hydrogen (secondary N) is 2. The molecule has 6 heterocycles.